The zero-order valence-corrected chi connectivity index (χ0v) is 10.9. The van der Waals surface area contributed by atoms with Crippen LogP contribution in [0.1, 0.15) is 37.7 Å². The van der Waals surface area contributed by atoms with Crippen molar-refractivity contribution in [1.82, 2.24) is 0 Å². The van der Waals surface area contributed by atoms with Crippen molar-refractivity contribution in [1.29, 1.82) is 0 Å². The highest BCUT2D eigenvalue weighted by Crippen LogP contribution is 2.50. The molecule has 0 radical (unpaired) electrons. The SMILES string of the molecule is NC1(Cc2cc3c(cc2Cl)OC2(CCC2)O3)CC1. The molecular weight excluding hydrogens is 250 g/mol. The standard InChI is InChI=1S/C14H16ClNO2/c15-10-7-12-11(17-14(18-12)2-1-3-14)6-9(10)8-13(16)4-5-13/h6-7H,1-5,8,16H2. The van der Waals surface area contributed by atoms with Crippen molar-refractivity contribution in [3.63, 3.8) is 0 Å². The molecule has 0 bridgehead atoms. The lowest BCUT2D eigenvalue weighted by Crippen LogP contribution is -2.45. The van der Waals surface area contributed by atoms with Gasteiger partial charge in [-0.1, -0.05) is 11.6 Å². The molecular formula is C14H16ClNO2. The smallest absolute Gasteiger partial charge is 0.251 e. The summed E-state index contributed by atoms with van der Waals surface area (Å²) in [6.45, 7) is 0. The normalized spacial score (nSPS) is 25.0. The number of rotatable bonds is 2. The van der Waals surface area contributed by atoms with Crippen LogP contribution in [-0.4, -0.2) is 11.3 Å². The van der Waals surface area contributed by atoms with Gasteiger partial charge < -0.3 is 15.2 Å². The summed E-state index contributed by atoms with van der Waals surface area (Å²) in [5.74, 6) is 1.23. The molecule has 4 rings (SSSR count). The van der Waals surface area contributed by atoms with Crippen molar-refractivity contribution in [2.75, 3.05) is 0 Å². The molecule has 0 aromatic heterocycles. The van der Waals surface area contributed by atoms with Crippen molar-refractivity contribution >= 4 is 11.6 Å². The van der Waals surface area contributed by atoms with E-state index in [1.54, 1.807) is 0 Å². The third-order valence-corrected chi connectivity index (χ3v) is 4.61. The number of nitrogens with two attached hydrogens (primary N) is 1. The number of hydrogen-bond donors (Lipinski definition) is 1. The molecule has 3 nitrogen and oxygen atoms in total. The van der Waals surface area contributed by atoms with Crippen LogP contribution in [0.2, 0.25) is 5.02 Å². The third kappa shape index (κ3) is 1.61. The minimum absolute atomic E-state index is 0.0362. The average molecular weight is 266 g/mol. The predicted octanol–water partition coefficient (Wildman–Crippen LogP) is 3.03. The Morgan fingerprint density at radius 2 is 1.78 bits per heavy atom. The first-order valence-electron chi connectivity index (χ1n) is 6.57. The number of benzene rings is 1. The van der Waals surface area contributed by atoms with Gasteiger partial charge in [0.25, 0.3) is 5.79 Å². The summed E-state index contributed by atoms with van der Waals surface area (Å²) in [7, 11) is 0. The lowest BCUT2D eigenvalue weighted by Gasteiger charge is -2.35. The Labute approximate surface area is 111 Å². The quantitative estimate of drug-likeness (QED) is 0.894. The zero-order valence-electron chi connectivity index (χ0n) is 10.2. The maximum Gasteiger partial charge on any atom is 0.251 e. The molecule has 3 aliphatic rings. The number of halogens is 1. The minimum atomic E-state index is -0.385. The second-order valence-electron chi connectivity index (χ2n) is 5.90. The number of ether oxygens (including phenoxy) is 2. The first kappa shape index (κ1) is 10.9. The van der Waals surface area contributed by atoms with E-state index in [1.165, 1.54) is 6.42 Å². The van der Waals surface area contributed by atoms with Crippen LogP contribution in [0.4, 0.5) is 0 Å². The summed E-state index contributed by atoms with van der Waals surface area (Å²) in [5.41, 5.74) is 7.20. The largest absolute Gasteiger partial charge is 0.448 e. The highest BCUT2D eigenvalue weighted by molar-refractivity contribution is 6.31. The predicted molar refractivity (Wildman–Crippen MR) is 69.1 cm³/mol. The Morgan fingerprint density at radius 3 is 2.33 bits per heavy atom. The van der Waals surface area contributed by atoms with E-state index in [0.717, 1.165) is 54.2 Å². The van der Waals surface area contributed by atoms with Gasteiger partial charge in [-0.2, -0.15) is 0 Å². The molecule has 2 saturated carbocycles. The fraction of sp³-hybridized carbons (Fsp3) is 0.571. The van der Waals surface area contributed by atoms with Crippen LogP contribution in [0.25, 0.3) is 0 Å². The van der Waals surface area contributed by atoms with Gasteiger partial charge in [-0.15, -0.1) is 0 Å². The molecule has 1 spiro atoms. The Kier molecular flexibility index (Phi) is 2.03. The summed E-state index contributed by atoms with van der Waals surface area (Å²) in [6, 6.07) is 3.89. The molecule has 0 atom stereocenters. The van der Waals surface area contributed by atoms with Gasteiger partial charge in [-0.05, 0) is 37.3 Å². The van der Waals surface area contributed by atoms with E-state index in [9.17, 15) is 0 Å². The zero-order chi connectivity index (χ0) is 12.4. The Bertz CT molecular complexity index is 521. The van der Waals surface area contributed by atoms with E-state index in [0.29, 0.717) is 0 Å². The third-order valence-electron chi connectivity index (χ3n) is 4.25. The van der Waals surface area contributed by atoms with Gasteiger partial charge in [0.1, 0.15) is 0 Å². The fourth-order valence-corrected chi connectivity index (χ4v) is 2.90. The Morgan fingerprint density at radius 1 is 1.11 bits per heavy atom. The highest BCUT2D eigenvalue weighted by Gasteiger charge is 2.47. The molecule has 4 heteroatoms. The molecule has 0 saturated heterocycles. The van der Waals surface area contributed by atoms with Crippen LogP contribution in [0, 0.1) is 0 Å². The van der Waals surface area contributed by atoms with Crippen molar-refractivity contribution < 1.29 is 9.47 Å². The van der Waals surface area contributed by atoms with Crippen LogP contribution in [0.3, 0.4) is 0 Å². The molecule has 0 amide bonds. The summed E-state index contributed by atoms with van der Waals surface area (Å²) < 4.78 is 11.8. The molecule has 96 valence electrons. The van der Waals surface area contributed by atoms with E-state index in [4.69, 9.17) is 26.8 Å². The van der Waals surface area contributed by atoms with Crippen molar-refractivity contribution in [2.24, 2.45) is 5.73 Å². The van der Waals surface area contributed by atoms with Crippen LogP contribution >= 0.6 is 11.6 Å². The van der Waals surface area contributed by atoms with Gasteiger partial charge in [0.2, 0.25) is 0 Å². The van der Waals surface area contributed by atoms with E-state index in [1.807, 2.05) is 12.1 Å². The van der Waals surface area contributed by atoms with Crippen LogP contribution in [-0.2, 0) is 6.42 Å². The maximum absolute atomic E-state index is 6.30. The monoisotopic (exact) mass is 265 g/mol. The first-order chi connectivity index (χ1) is 8.58. The molecule has 2 N–H and O–H groups in total. The Balaban J connectivity index is 1.65. The molecule has 1 heterocycles. The maximum atomic E-state index is 6.30. The van der Waals surface area contributed by atoms with Gasteiger partial charge in [0.05, 0.1) is 0 Å². The van der Waals surface area contributed by atoms with Gasteiger partial charge in [0.15, 0.2) is 11.5 Å². The molecule has 1 aromatic carbocycles. The minimum Gasteiger partial charge on any atom is -0.448 e. The molecule has 2 aliphatic carbocycles. The van der Waals surface area contributed by atoms with E-state index in [-0.39, 0.29) is 11.3 Å². The second-order valence-corrected chi connectivity index (χ2v) is 6.31. The van der Waals surface area contributed by atoms with E-state index < -0.39 is 0 Å². The van der Waals surface area contributed by atoms with Gasteiger partial charge in [-0.25, -0.2) is 0 Å². The van der Waals surface area contributed by atoms with Gasteiger partial charge in [-0.3, -0.25) is 0 Å². The fourth-order valence-electron chi connectivity index (χ4n) is 2.68. The van der Waals surface area contributed by atoms with Gasteiger partial charge >= 0.3 is 0 Å². The van der Waals surface area contributed by atoms with Crippen molar-refractivity contribution in [3.8, 4) is 11.5 Å². The summed E-state index contributed by atoms with van der Waals surface area (Å²) in [4.78, 5) is 0. The summed E-state index contributed by atoms with van der Waals surface area (Å²) >= 11 is 6.30. The summed E-state index contributed by atoms with van der Waals surface area (Å²) in [6.07, 6.45) is 6.10. The lowest BCUT2D eigenvalue weighted by molar-refractivity contribution is -0.138. The first-order valence-corrected chi connectivity index (χ1v) is 6.95. The average Bonchev–Trinajstić information content (AvgIpc) is 2.86. The van der Waals surface area contributed by atoms with Crippen LogP contribution in [0.5, 0.6) is 11.5 Å². The topological polar surface area (TPSA) is 44.5 Å². The molecule has 1 aliphatic heterocycles. The number of hydrogen-bond acceptors (Lipinski definition) is 3. The second kappa shape index (κ2) is 3.34. The Hall–Kier alpha value is -0.930. The van der Waals surface area contributed by atoms with E-state index >= 15 is 0 Å². The molecule has 2 fully saturated rings. The van der Waals surface area contributed by atoms with Gasteiger partial charge in [0, 0.05) is 29.5 Å². The van der Waals surface area contributed by atoms with Crippen molar-refractivity contribution in [3.05, 3.63) is 22.7 Å². The molecule has 0 unspecified atom stereocenters. The molecule has 1 aromatic rings. The lowest BCUT2D eigenvalue weighted by atomic mass is 9.91. The van der Waals surface area contributed by atoms with Crippen LogP contribution < -0.4 is 15.2 Å². The molecule has 18 heavy (non-hydrogen) atoms. The summed E-state index contributed by atoms with van der Waals surface area (Å²) in [5, 5.41) is 0.741. The van der Waals surface area contributed by atoms with Crippen molar-refractivity contribution in [2.45, 2.75) is 49.9 Å². The number of fused-ring (bicyclic) bond motifs is 1. The highest BCUT2D eigenvalue weighted by atomic mass is 35.5. The van der Waals surface area contributed by atoms with E-state index in [2.05, 4.69) is 0 Å². The van der Waals surface area contributed by atoms with Crippen LogP contribution in [0.15, 0.2) is 12.1 Å².